The molecule has 0 fully saturated rings. The number of rotatable bonds is 2. The van der Waals surface area contributed by atoms with Crippen LogP contribution in [-0.2, 0) is 0 Å². The van der Waals surface area contributed by atoms with Crippen molar-refractivity contribution in [3.63, 3.8) is 0 Å². The van der Waals surface area contributed by atoms with Crippen molar-refractivity contribution in [3.8, 4) is 0 Å². The summed E-state index contributed by atoms with van der Waals surface area (Å²) in [5.74, 6) is -2.42. The van der Waals surface area contributed by atoms with Gasteiger partial charge in [-0.15, -0.1) is 11.6 Å². The highest BCUT2D eigenvalue weighted by Gasteiger charge is 2.16. The number of benzene rings is 2. The second kappa shape index (κ2) is 4.80. The van der Waals surface area contributed by atoms with E-state index in [0.717, 1.165) is 12.1 Å². The normalized spacial score (nSPS) is 12.5. The lowest BCUT2D eigenvalue weighted by Gasteiger charge is -2.11. The first-order valence-corrected chi connectivity index (χ1v) is 5.36. The highest BCUT2D eigenvalue weighted by atomic mass is 35.5. The highest BCUT2D eigenvalue weighted by molar-refractivity contribution is 6.22. The SMILES string of the molecule is Fc1ccc(C(Cl)c2ccccc2F)cc1F. The van der Waals surface area contributed by atoms with Crippen molar-refractivity contribution in [2.45, 2.75) is 5.38 Å². The molecule has 4 heteroatoms. The molecule has 2 rings (SSSR count). The average molecular weight is 257 g/mol. The lowest BCUT2D eigenvalue weighted by atomic mass is 10.0. The molecule has 0 aliphatic heterocycles. The summed E-state index contributed by atoms with van der Waals surface area (Å²) >= 11 is 6.03. The number of halogens is 4. The van der Waals surface area contributed by atoms with Gasteiger partial charge < -0.3 is 0 Å². The summed E-state index contributed by atoms with van der Waals surface area (Å²) in [4.78, 5) is 0. The molecule has 88 valence electrons. The summed E-state index contributed by atoms with van der Waals surface area (Å²) in [6, 6.07) is 9.23. The van der Waals surface area contributed by atoms with Crippen molar-refractivity contribution < 1.29 is 13.2 Å². The largest absolute Gasteiger partial charge is 0.207 e. The van der Waals surface area contributed by atoms with Crippen LogP contribution >= 0.6 is 11.6 Å². The van der Waals surface area contributed by atoms with Crippen LogP contribution in [0.1, 0.15) is 16.5 Å². The Kier molecular flexibility index (Phi) is 3.38. The van der Waals surface area contributed by atoms with Crippen LogP contribution in [0.2, 0.25) is 0 Å². The minimum absolute atomic E-state index is 0.236. The van der Waals surface area contributed by atoms with Crippen LogP contribution in [0.15, 0.2) is 42.5 Å². The molecule has 0 aliphatic carbocycles. The third kappa shape index (κ3) is 2.44. The van der Waals surface area contributed by atoms with Crippen LogP contribution in [0, 0.1) is 17.5 Å². The van der Waals surface area contributed by atoms with E-state index in [-0.39, 0.29) is 5.56 Å². The molecule has 0 radical (unpaired) electrons. The van der Waals surface area contributed by atoms with Gasteiger partial charge in [0.1, 0.15) is 5.82 Å². The van der Waals surface area contributed by atoms with E-state index in [9.17, 15) is 13.2 Å². The van der Waals surface area contributed by atoms with Crippen molar-refractivity contribution in [2.75, 3.05) is 0 Å². The zero-order chi connectivity index (χ0) is 12.4. The second-order valence-electron chi connectivity index (χ2n) is 3.56. The molecular formula is C13H8ClF3. The van der Waals surface area contributed by atoms with E-state index >= 15 is 0 Å². The second-order valence-corrected chi connectivity index (χ2v) is 3.99. The Hall–Kier alpha value is -1.48. The molecule has 0 aromatic heterocycles. The fraction of sp³-hybridized carbons (Fsp3) is 0.0769. The van der Waals surface area contributed by atoms with E-state index in [1.807, 2.05) is 0 Å². The summed E-state index contributed by atoms with van der Waals surface area (Å²) < 4.78 is 39.2. The fourth-order valence-electron chi connectivity index (χ4n) is 1.53. The van der Waals surface area contributed by atoms with Crippen molar-refractivity contribution in [3.05, 3.63) is 71.0 Å². The zero-order valence-corrected chi connectivity index (χ0v) is 9.39. The summed E-state index contributed by atoms with van der Waals surface area (Å²) in [5.41, 5.74) is 0.552. The number of alkyl halides is 1. The van der Waals surface area contributed by atoms with Gasteiger partial charge in [0.25, 0.3) is 0 Å². The molecule has 2 aromatic carbocycles. The lowest BCUT2D eigenvalue weighted by molar-refractivity contribution is 0.507. The third-order valence-electron chi connectivity index (χ3n) is 2.41. The Balaban J connectivity index is 2.40. The van der Waals surface area contributed by atoms with E-state index in [0.29, 0.717) is 5.56 Å². The highest BCUT2D eigenvalue weighted by Crippen LogP contribution is 2.31. The summed E-state index contributed by atoms with van der Waals surface area (Å²) in [6.07, 6.45) is 0. The maximum Gasteiger partial charge on any atom is 0.159 e. The molecule has 0 saturated heterocycles. The topological polar surface area (TPSA) is 0 Å². The van der Waals surface area contributed by atoms with Crippen molar-refractivity contribution in [1.82, 2.24) is 0 Å². The van der Waals surface area contributed by atoms with Crippen molar-refractivity contribution in [1.29, 1.82) is 0 Å². The van der Waals surface area contributed by atoms with Gasteiger partial charge in [0.2, 0.25) is 0 Å². The first kappa shape index (κ1) is 12.0. The first-order chi connectivity index (χ1) is 8.09. The van der Waals surface area contributed by atoms with Gasteiger partial charge in [-0.3, -0.25) is 0 Å². The van der Waals surface area contributed by atoms with Crippen molar-refractivity contribution in [2.24, 2.45) is 0 Å². The molecule has 2 aromatic rings. The maximum atomic E-state index is 13.5. The molecule has 0 spiro atoms. The van der Waals surface area contributed by atoms with Crippen LogP contribution < -0.4 is 0 Å². The predicted molar refractivity (Wildman–Crippen MR) is 60.5 cm³/mol. The van der Waals surface area contributed by atoms with E-state index < -0.39 is 22.8 Å². The molecule has 0 amide bonds. The Bertz CT molecular complexity index is 540. The van der Waals surface area contributed by atoms with Gasteiger partial charge in [-0.25, -0.2) is 13.2 Å². The quantitative estimate of drug-likeness (QED) is 0.697. The maximum absolute atomic E-state index is 13.5. The molecule has 0 heterocycles. The molecule has 0 bridgehead atoms. The Morgan fingerprint density at radius 2 is 1.53 bits per heavy atom. The number of hydrogen-bond donors (Lipinski definition) is 0. The van der Waals surface area contributed by atoms with Gasteiger partial charge in [-0.05, 0) is 23.8 Å². The Morgan fingerprint density at radius 3 is 2.18 bits per heavy atom. The summed E-state index contributed by atoms with van der Waals surface area (Å²) in [5, 5.41) is -0.841. The molecular weight excluding hydrogens is 249 g/mol. The molecule has 1 atom stereocenters. The molecule has 0 nitrogen and oxygen atoms in total. The molecule has 0 saturated carbocycles. The smallest absolute Gasteiger partial charge is 0.159 e. The Labute approximate surface area is 102 Å². The van der Waals surface area contributed by atoms with Gasteiger partial charge in [0.15, 0.2) is 11.6 Å². The van der Waals surface area contributed by atoms with E-state index in [1.165, 1.54) is 24.3 Å². The van der Waals surface area contributed by atoms with Gasteiger partial charge in [-0.1, -0.05) is 24.3 Å². The van der Waals surface area contributed by atoms with Gasteiger partial charge in [0, 0.05) is 5.56 Å². The van der Waals surface area contributed by atoms with Crippen LogP contribution in [0.3, 0.4) is 0 Å². The molecule has 0 N–H and O–H groups in total. The van der Waals surface area contributed by atoms with Gasteiger partial charge >= 0.3 is 0 Å². The monoisotopic (exact) mass is 256 g/mol. The van der Waals surface area contributed by atoms with Gasteiger partial charge in [-0.2, -0.15) is 0 Å². The van der Waals surface area contributed by atoms with E-state index in [2.05, 4.69) is 0 Å². The standard InChI is InChI=1S/C13H8ClF3/c14-13(9-3-1-2-4-10(9)15)8-5-6-11(16)12(17)7-8/h1-7,13H. The third-order valence-corrected chi connectivity index (χ3v) is 2.90. The predicted octanol–water partition coefficient (Wildman–Crippen LogP) is 4.43. The average Bonchev–Trinajstić information content (AvgIpc) is 2.32. The Morgan fingerprint density at radius 1 is 0.824 bits per heavy atom. The first-order valence-electron chi connectivity index (χ1n) is 4.93. The number of hydrogen-bond acceptors (Lipinski definition) is 0. The molecule has 0 aliphatic rings. The zero-order valence-electron chi connectivity index (χ0n) is 8.63. The minimum Gasteiger partial charge on any atom is -0.207 e. The summed E-state index contributed by atoms with van der Waals surface area (Å²) in [6.45, 7) is 0. The van der Waals surface area contributed by atoms with Crippen LogP contribution in [0.5, 0.6) is 0 Å². The van der Waals surface area contributed by atoms with Crippen LogP contribution in [0.25, 0.3) is 0 Å². The fourth-order valence-corrected chi connectivity index (χ4v) is 1.84. The molecule has 17 heavy (non-hydrogen) atoms. The minimum atomic E-state index is -0.996. The lowest BCUT2D eigenvalue weighted by Crippen LogP contribution is -1.98. The van der Waals surface area contributed by atoms with Crippen LogP contribution in [0.4, 0.5) is 13.2 Å². The molecule has 1 unspecified atom stereocenters. The summed E-state index contributed by atoms with van der Waals surface area (Å²) in [7, 11) is 0. The van der Waals surface area contributed by atoms with E-state index in [4.69, 9.17) is 11.6 Å². The van der Waals surface area contributed by atoms with Gasteiger partial charge in [0.05, 0.1) is 5.38 Å². The van der Waals surface area contributed by atoms with E-state index in [1.54, 1.807) is 6.07 Å². The van der Waals surface area contributed by atoms with Crippen molar-refractivity contribution >= 4 is 11.6 Å². The van der Waals surface area contributed by atoms with Crippen LogP contribution in [-0.4, -0.2) is 0 Å².